The number of unbranched alkanes of at least 4 members (excludes halogenated alkanes) is 13. The Hall–Kier alpha value is -0.530. The van der Waals surface area contributed by atoms with E-state index in [4.69, 9.17) is 4.74 Å². The van der Waals surface area contributed by atoms with Gasteiger partial charge in [-0.15, -0.1) is 0 Å². The van der Waals surface area contributed by atoms with E-state index in [0.29, 0.717) is 12.5 Å². The molecule has 0 fully saturated rings. The molecular weight excluding hydrogens is 356 g/mol. The van der Waals surface area contributed by atoms with Crippen LogP contribution in [0.5, 0.6) is 0 Å². The summed E-state index contributed by atoms with van der Waals surface area (Å²) in [6.07, 6.45) is 24.7. The maximum absolute atomic E-state index is 12.3. The second kappa shape index (κ2) is 22.2. The maximum Gasteiger partial charge on any atom is 0.308 e. The van der Waals surface area contributed by atoms with Crippen LogP contribution in [0.1, 0.15) is 150 Å². The van der Waals surface area contributed by atoms with Crippen LogP contribution < -0.4 is 0 Å². The number of esters is 1. The van der Waals surface area contributed by atoms with Gasteiger partial charge in [-0.3, -0.25) is 4.79 Å². The Balaban J connectivity index is 3.75. The molecule has 0 aromatic heterocycles. The van der Waals surface area contributed by atoms with Crippen LogP contribution in [0, 0.1) is 11.8 Å². The van der Waals surface area contributed by atoms with E-state index in [1.54, 1.807) is 0 Å². The van der Waals surface area contributed by atoms with Gasteiger partial charge in [0.1, 0.15) is 0 Å². The number of carbonyl (C=O) groups excluding carboxylic acids is 1. The molecule has 0 saturated carbocycles. The molecule has 2 atom stereocenters. The van der Waals surface area contributed by atoms with Gasteiger partial charge < -0.3 is 4.74 Å². The molecule has 2 heteroatoms. The summed E-state index contributed by atoms with van der Waals surface area (Å²) < 4.78 is 5.70. The molecule has 2 nitrogen and oxygen atoms in total. The molecule has 2 unspecified atom stereocenters. The number of carbonyl (C=O) groups is 1. The van der Waals surface area contributed by atoms with Crippen molar-refractivity contribution < 1.29 is 9.53 Å². The third kappa shape index (κ3) is 19.2. The van der Waals surface area contributed by atoms with Crippen LogP contribution in [0.15, 0.2) is 0 Å². The van der Waals surface area contributed by atoms with E-state index in [-0.39, 0.29) is 11.9 Å². The molecule has 29 heavy (non-hydrogen) atoms. The van der Waals surface area contributed by atoms with Gasteiger partial charge in [-0.05, 0) is 25.2 Å². The van der Waals surface area contributed by atoms with Crippen molar-refractivity contribution in [2.45, 2.75) is 150 Å². The number of rotatable bonds is 22. The molecule has 0 N–H and O–H groups in total. The van der Waals surface area contributed by atoms with E-state index in [0.717, 1.165) is 12.8 Å². The van der Waals surface area contributed by atoms with Crippen LogP contribution in [-0.4, -0.2) is 12.6 Å². The Morgan fingerprint density at radius 2 is 1.03 bits per heavy atom. The van der Waals surface area contributed by atoms with E-state index in [1.165, 1.54) is 109 Å². The average Bonchev–Trinajstić information content (AvgIpc) is 2.72. The second-order valence-corrected chi connectivity index (χ2v) is 9.36. The van der Waals surface area contributed by atoms with E-state index in [2.05, 4.69) is 20.8 Å². The zero-order valence-corrected chi connectivity index (χ0v) is 20.6. The van der Waals surface area contributed by atoms with Gasteiger partial charge in [0, 0.05) is 0 Å². The molecule has 0 aromatic rings. The first-order chi connectivity index (χ1) is 14.2. The summed E-state index contributed by atoms with van der Waals surface area (Å²) in [7, 11) is 0. The molecule has 0 amide bonds. The molecule has 0 rings (SSSR count). The second-order valence-electron chi connectivity index (χ2n) is 9.36. The van der Waals surface area contributed by atoms with E-state index in [9.17, 15) is 4.79 Å². The van der Waals surface area contributed by atoms with Gasteiger partial charge in [0.2, 0.25) is 0 Å². The molecule has 0 aromatic carbocycles. The monoisotopic (exact) mass is 410 g/mol. The van der Waals surface area contributed by atoms with Crippen molar-refractivity contribution in [3.05, 3.63) is 0 Å². The molecule has 0 aliphatic heterocycles. The Morgan fingerprint density at radius 3 is 1.52 bits per heavy atom. The minimum Gasteiger partial charge on any atom is -0.465 e. The van der Waals surface area contributed by atoms with Crippen molar-refractivity contribution in [1.29, 1.82) is 0 Å². The number of ether oxygens (including phenoxy) is 1. The topological polar surface area (TPSA) is 26.3 Å². The minimum absolute atomic E-state index is 0.0321. The van der Waals surface area contributed by atoms with Crippen LogP contribution in [0.4, 0.5) is 0 Å². The van der Waals surface area contributed by atoms with Gasteiger partial charge in [0.15, 0.2) is 0 Å². The fraction of sp³-hybridized carbons (Fsp3) is 0.963. The van der Waals surface area contributed by atoms with Gasteiger partial charge in [-0.1, -0.05) is 130 Å². The summed E-state index contributed by atoms with van der Waals surface area (Å²) in [6, 6.07) is 0. The van der Waals surface area contributed by atoms with Crippen molar-refractivity contribution >= 4 is 5.97 Å². The standard InChI is InChI=1S/C27H54O2/c1-5-8-10-12-13-14-15-16-18-20-23-26(21-7-3)24-29-27(28)25(4)22-19-17-11-9-6-2/h25-26H,5-24H2,1-4H3. The van der Waals surface area contributed by atoms with Crippen molar-refractivity contribution in [2.24, 2.45) is 11.8 Å². The zero-order chi connectivity index (χ0) is 21.6. The highest BCUT2D eigenvalue weighted by Crippen LogP contribution is 2.19. The summed E-state index contributed by atoms with van der Waals surface area (Å²) in [5, 5.41) is 0. The molecule has 0 aliphatic carbocycles. The summed E-state index contributed by atoms with van der Waals surface area (Å²) in [6.45, 7) is 9.45. The van der Waals surface area contributed by atoms with E-state index >= 15 is 0 Å². The highest BCUT2D eigenvalue weighted by Gasteiger charge is 2.16. The minimum atomic E-state index is 0.0321. The lowest BCUT2D eigenvalue weighted by atomic mass is 9.96. The van der Waals surface area contributed by atoms with Gasteiger partial charge in [-0.2, -0.15) is 0 Å². The first-order valence-corrected chi connectivity index (χ1v) is 13.3. The molecule has 0 saturated heterocycles. The predicted octanol–water partition coefficient (Wildman–Crippen LogP) is 9.25. The SMILES string of the molecule is CCCCCCCCCCCCC(CCC)COC(=O)C(C)CCCCCCC. The smallest absolute Gasteiger partial charge is 0.308 e. The van der Waals surface area contributed by atoms with Gasteiger partial charge in [0.05, 0.1) is 12.5 Å². The molecule has 0 bridgehead atoms. The van der Waals surface area contributed by atoms with Gasteiger partial charge in [0.25, 0.3) is 0 Å². The molecule has 0 radical (unpaired) electrons. The van der Waals surface area contributed by atoms with Crippen molar-refractivity contribution in [3.8, 4) is 0 Å². The lowest BCUT2D eigenvalue weighted by Crippen LogP contribution is -2.19. The lowest BCUT2D eigenvalue weighted by molar-refractivity contribution is -0.149. The third-order valence-corrected chi connectivity index (χ3v) is 6.27. The van der Waals surface area contributed by atoms with Crippen LogP contribution >= 0.6 is 0 Å². The highest BCUT2D eigenvalue weighted by atomic mass is 16.5. The summed E-state index contributed by atoms with van der Waals surface area (Å²) in [5.41, 5.74) is 0. The molecule has 174 valence electrons. The van der Waals surface area contributed by atoms with E-state index < -0.39 is 0 Å². The van der Waals surface area contributed by atoms with Gasteiger partial charge >= 0.3 is 5.97 Å². The summed E-state index contributed by atoms with van der Waals surface area (Å²) in [5.74, 6) is 0.663. The summed E-state index contributed by atoms with van der Waals surface area (Å²) >= 11 is 0. The van der Waals surface area contributed by atoms with Crippen molar-refractivity contribution in [2.75, 3.05) is 6.61 Å². The van der Waals surface area contributed by atoms with Crippen molar-refractivity contribution in [3.63, 3.8) is 0 Å². The molecule has 0 aliphatic rings. The number of hydrogen-bond donors (Lipinski definition) is 0. The summed E-state index contributed by atoms with van der Waals surface area (Å²) in [4.78, 5) is 12.3. The Morgan fingerprint density at radius 1 is 0.586 bits per heavy atom. The quantitative estimate of drug-likeness (QED) is 0.131. The maximum atomic E-state index is 12.3. The van der Waals surface area contributed by atoms with Crippen molar-refractivity contribution in [1.82, 2.24) is 0 Å². The van der Waals surface area contributed by atoms with Gasteiger partial charge in [-0.25, -0.2) is 0 Å². The van der Waals surface area contributed by atoms with E-state index in [1.807, 2.05) is 6.92 Å². The Labute approximate surface area is 184 Å². The molecule has 0 heterocycles. The first kappa shape index (κ1) is 28.5. The third-order valence-electron chi connectivity index (χ3n) is 6.27. The average molecular weight is 411 g/mol. The highest BCUT2D eigenvalue weighted by molar-refractivity contribution is 5.71. The molecule has 0 spiro atoms. The van der Waals surface area contributed by atoms with Crippen LogP contribution in [-0.2, 0) is 9.53 Å². The fourth-order valence-electron chi connectivity index (χ4n) is 4.15. The predicted molar refractivity (Wildman–Crippen MR) is 128 cm³/mol. The normalized spacial score (nSPS) is 13.4. The van der Waals surface area contributed by atoms with Crippen LogP contribution in [0.3, 0.4) is 0 Å². The zero-order valence-electron chi connectivity index (χ0n) is 20.6. The Kier molecular flexibility index (Phi) is 21.8. The Bertz CT molecular complexity index is 339. The number of hydrogen-bond acceptors (Lipinski definition) is 2. The van der Waals surface area contributed by atoms with Crippen LogP contribution in [0.2, 0.25) is 0 Å². The van der Waals surface area contributed by atoms with Crippen LogP contribution in [0.25, 0.3) is 0 Å². The lowest BCUT2D eigenvalue weighted by Gasteiger charge is -2.18. The first-order valence-electron chi connectivity index (χ1n) is 13.3. The fourth-order valence-corrected chi connectivity index (χ4v) is 4.15. The largest absolute Gasteiger partial charge is 0.465 e. The molecular formula is C27H54O2.